The third-order valence-corrected chi connectivity index (χ3v) is 13.3. The summed E-state index contributed by atoms with van der Waals surface area (Å²) < 4.78 is 21.3. The van der Waals surface area contributed by atoms with Crippen molar-refractivity contribution in [2.24, 2.45) is 0 Å². The fourth-order valence-corrected chi connectivity index (χ4v) is 9.74. The van der Waals surface area contributed by atoms with Crippen LogP contribution >= 0.6 is 0 Å². The van der Waals surface area contributed by atoms with Gasteiger partial charge in [-0.15, -0.1) is 5.10 Å². The summed E-state index contributed by atoms with van der Waals surface area (Å²) in [7, 11) is 1.57. The summed E-state index contributed by atoms with van der Waals surface area (Å²) in [5, 5.41) is 24.8. The van der Waals surface area contributed by atoms with E-state index in [1.54, 1.807) is 95.6 Å². The second-order valence-electron chi connectivity index (χ2n) is 21.4. The van der Waals surface area contributed by atoms with Gasteiger partial charge >= 0.3 is 18.2 Å². The highest BCUT2D eigenvalue weighted by Gasteiger charge is 2.42. The lowest BCUT2D eigenvalue weighted by Crippen LogP contribution is -2.39. The Labute approximate surface area is 466 Å². The number of carbonyl (C=O) groups is 3. The van der Waals surface area contributed by atoms with E-state index in [9.17, 15) is 19.5 Å². The number of aromatic carboxylic acids is 1. The molecule has 0 bridgehead atoms. The van der Waals surface area contributed by atoms with E-state index in [1.807, 2.05) is 115 Å². The molecule has 2 amide bonds. The first-order valence-electron chi connectivity index (χ1n) is 26.4. The summed E-state index contributed by atoms with van der Waals surface area (Å²) >= 11 is 0. The van der Waals surface area contributed by atoms with Crippen LogP contribution in [0.4, 0.5) is 26.7 Å². The number of rotatable bonds is 17. The van der Waals surface area contributed by atoms with E-state index >= 15 is 0 Å². The fourth-order valence-electron chi connectivity index (χ4n) is 9.74. The van der Waals surface area contributed by atoms with Crippen LogP contribution in [0.25, 0.3) is 22.5 Å². The quantitative estimate of drug-likeness (QED) is 0.0648. The predicted octanol–water partition coefficient (Wildman–Crippen LogP) is 13.4. The normalized spacial score (nSPS) is 11.7. The molecule has 3 N–H and O–H groups in total. The van der Waals surface area contributed by atoms with E-state index in [-0.39, 0.29) is 24.5 Å². The van der Waals surface area contributed by atoms with Gasteiger partial charge in [0.25, 0.3) is 0 Å². The van der Waals surface area contributed by atoms with Gasteiger partial charge in [0, 0.05) is 37.3 Å². The molecule has 0 fully saturated rings. The maximum Gasteiger partial charge on any atom is 0.415 e. The monoisotopic (exact) mass is 1070 g/mol. The van der Waals surface area contributed by atoms with Gasteiger partial charge in [0.15, 0.2) is 11.5 Å². The number of carboxylic acids is 1. The van der Waals surface area contributed by atoms with Crippen molar-refractivity contribution in [3.8, 4) is 34.0 Å². The zero-order chi connectivity index (χ0) is 56.8. The molecule has 16 heteroatoms. The highest BCUT2D eigenvalue weighted by molar-refractivity contribution is 5.92. The van der Waals surface area contributed by atoms with E-state index in [1.165, 1.54) is 9.80 Å². The SMILES string of the molecule is CCCc1nc(CN(C(=O)OC(C)(C)C)c2ccc(Oc3ccc(N)c(N(C)C(=O)OC(C)(C)C)c3)cc2)c(C(=O)O)n1Cc1ccc(-c2ccccc2-c2nnnn2C(c2ccccc2)(c2ccccc2)c2ccccc2)cc1. The van der Waals surface area contributed by atoms with Crippen molar-refractivity contribution < 1.29 is 33.7 Å². The van der Waals surface area contributed by atoms with E-state index in [0.29, 0.717) is 53.1 Å². The van der Waals surface area contributed by atoms with Gasteiger partial charge in [-0.25, -0.2) is 24.0 Å². The number of hydrogen-bond donors (Lipinski definition) is 2. The molecule has 0 atom stereocenters. The van der Waals surface area contributed by atoms with Crippen molar-refractivity contribution in [2.75, 3.05) is 22.6 Å². The average Bonchev–Trinajstić information content (AvgIpc) is 4.15. The summed E-state index contributed by atoms with van der Waals surface area (Å²) in [4.78, 5) is 48.1. The fraction of sp³-hybridized carbons (Fsp3) is 0.234. The number of benzene rings is 7. The minimum absolute atomic E-state index is 0.0440. The number of amides is 2. The molecular formula is C64H65N9O7. The number of anilines is 3. The number of aryl methyl sites for hydroxylation is 1. The van der Waals surface area contributed by atoms with Crippen LogP contribution in [0.2, 0.25) is 0 Å². The molecule has 2 heterocycles. The smallest absolute Gasteiger partial charge is 0.415 e. The first-order valence-corrected chi connectivity index (χ1v) is 26.4. The Morgan fingerprint density at radius 1 is 0.650 bits per heavy atom. The molecule has 0 radical (unpaired) electrons. The number of imidazole rings is 1. The van der Waals surface area contributed by atoms with E-state index in [4.69, 9.17) is 35.2 Å². The Balaban J connectivity index is 1.02. The van der Waals surface area contributed by atoms with Crippen molar-refractivity contribution in [1.29, 1.82) is 0 Å². The highest BCUT2D eigenvalue weighted by atomic mass is 16.6. The standard InChI is InChI=1S/C64H65N9O7/c1-9-21-56-66-54(42-71(61(77)80-63(5,6)7)48-34-36-49(37-35-48)78-50-38-39-53(65)55(40-50)70(8)60(76)79-62(2,3)4)57(59(74)75)72(56)41-43-30-32-44(33-31-43)51-28-19-20-29-52(51)58-67-68-69-73(58)64(45-22-13-10-14-23-45,46-24-15-11-16-25-46)47-26-17-12-18-27-47/h10-20,22-40H,9,21,41-42,65H2,1-8H3,(H,74,75). The highest BCUT2D eigenvalue weighted by Crippen LogP contribution is 2.44. The van der Waals surface area contributed by atoms with Gasteiger partial charge in [-0.1, -0.05) is 146 Å². The summed E-state index contributed by atoms with van der Waals surface area (Å²) in [5.74, 6) is 0.745. The number of aromatic nitrogens is 6. The molecule has 16 nitrogen and oxygen atoms in total. The number of ether oxygens (including phenoxy) is 3. The number of tetrazole rings is 1. The molecule has 0 saturated heterocycles. The number of nitrogen functional groups attached to an aromatic ring is 1. The Hall–Kier alpha value is -9.57. The van der Waals surface area contributed by atoms with Crippen molar-refractivity contribution >= 4 is 35.2 Å². The van der Waals surface area contributed by atoms with Crippen LogP contribution in [-0.2, 0) is 34.5 Å². The minimum Gasteiger partial charge on any atom is -0.477 e. The van der Waals surface area contributed by atoms with Crippen molar-refractivity contribution in [3.63, 3.8) is 0 Å². The second kappa shape index (κ2) is 23.2. The molecule has 2 aromatic heterocycles. The first kappa shape index (κ1) is 55.2. The Morgan fingerprint density at radius 2 is 1.19 bits per heavy atom. The van der Waals surface area contributed by atoms with Crippen molar-refractivity contribution in [1.82, 2.24) is 29.8 Å². The predicted molar refractivity (Wildman–Crippen MR) is 310 cm³/mol. The van der Waals surface area contributed by atoms with Gasteiger partial charge in [-0.05, 0) is 128 Å². The lowest BCUT2D eigenvalue weighted by Gasteiger charge is -2.36. The number of nitrogens with zero attached hydrogens (tertiary/aromatic N) is 8. The van der Waals surface area contributed by atoms with Crippen LogP contribution in [-0.4, -0.2) is 71.3 Å². The van der Waals surface area contributed by atoms with E-state index < -0.39 is 34.9 Å². The number of nitrogens with two attached hydrogens (primary N) is 1. The molecule has 0 spiro atoms. The Kier molecular flexibility index (Phi) is 16.0. The van der Waals surface area contributed by atoms with Crippen LogP contribution in [0.1, 0.15) is 99.1 Å². The maximum atomic E-state index is 14.1. The lowest BCUT2D eigenvalue weighted by atomic mass is 9.77. The van der Waals surface area contributed by atoms with Crippen LogP contribution in [0, 0.1) is 0 Å². The van der Waals surface area contributed by atoms with Crippen LogP contribution < -0.4 is 20.3 Å². The molecular weight excluding hydrogens is 1010 g/mol. The molecule has 9 rings (SSSR count). The van der Waals surface area contributed by atoms with Gasteiger partial charge in [-0.2, -0.15) is 0 Å². The van der Waals surface area contributed by atoms with Gasteiger partial charge in [-0.3, -0.25) is 9.80 Å². The summed E-state index contributed by atoms with van der Waals surface area (Å²) in [5.41, 5.74) is 11.4. The maximum absolute atomic E-state index is 14.1. The Morgan fingerprint density at radius 3 is 1.74 bits per heavy atom. The average molecular weight is 1070 g/mol. The first-order chi connectivity index (χ1) is 38.3. The van der Waals surface area contributed by atoms with Crippen LogP contribution in [0.15, 0.2) is 182 Å². The van der Waals surface area contributed by atoms with E-state index in [0.717, 1.165) is 38.9 Å². The summed E-state index contributed by atoms with van der Waals surface area (Å²) in [6, 6.07) is 58.5. The van der Waals surface area contributed by atoms with Gasteiger partial charge in [0.1, 0.15) is 34.1 Å². The molecule has 0 unspecified atom stereocenters. The van der Waals surface area contributed by atoms with Gasteiger partial charge < -0.3 is 29.6 Å². The number of carboxylic acid groups (broad SMARTS) is 1. The van der Waals surface area contributed by atoms with Crippen molar-refractivity contribution in [3.05, 3.63) is 221 Å². The number of hydrogen-bond acceptors (Lipinski definition) is 11. The topological polar surface area (TPSA) is 193 Å². The Bertz CT molecular complexity index is 3510. The molecule has 7 aromatic carbocycles. The zero-order valence-electron chi connectivity index (χ0n) is 46.2. The van der Waals surface area contributed by atoms with E-state index in [2.05, 4.69) is 41.6 Å². The zero-order valence-corrected chi connectivity index (χ0v) is 46.2. The summed E-state index contributed by atoms with van der Waals surface area (Å²) in [6.07, 6.45) is -0.104. The molecule has 0 aliphatic rings. The molecule has 0 aliphatic carbocycles. The van der Waals surface area contributed by atoms with Crippen molar-refractivity contribution in [2.45, 2.75) is 91.1 Å². The van der Waals surface area contributed by atoms with Crippen LogP contribution in [0.3, 0.4) is 0 Å². The largest absolute Gasteiger partial charge is 0.477 e. The third-order valence-electron chi connectivity index (χ3n) is 13.3. The molecule has 0 saturated carbocycles. The minimum atomic E-state index is -1.19. The molecule has 9 aromatic rings. The van der Waals surface area contributed by atoms with Gasteiger partial charge in [0.05, 0.1) is 23.6 Å². The van der Waals surface area contributed by atoms with Crippen LogP contribution in [0.5, 0.6) is 11.5 Å². The third kappa shape index (κ3) is 11.9. The lowest BCUT2D eigenvalue weighted by molar-refractivity contribution is 0.0569. The van der Waals surface area contributed by atoms with Gasteiger partial charge in [0.2, 0.25) is 0 Å². The second-order valence-corrected chi connectivity index (χ2v) is 21.4. The molecule has 408 valence electrons. The molecule has 80 heavy (non-hydrogen) atoms. The summed E-state index contributed by atoms with van der Waals surface area (Å²) in [6.45, 7) is 12.6. The number of carbonyl (C=O) groups excluding carboxylic acids is 2. The molecule has 0 aliphatic heterocycles.